The van der Waals surface area contributed by atoms with Crippen LogP contribution in [0.3, 0.4) is 0 Å². The van der Waals surface area contributed by atoms with E-state index in [0.29, 0.717) is 16.2 Å². The van der Waals surface area contributed by atoms with Crippen LogP contribution >= 0.6 is 0 Å². The van der Waals surface area contributed by atoms with Crippen molar-refractivity contribution in [2.24, 2.45) is 0 Å². The first-order valence-corrected chi connectivity index (χ1v) is 11.7. The molecule has 4 aromatic carbocycles. The predicted octanol–water partition coefficient (Wildman–Crippen LogP) is -7.69. The smallest absolute Gasteiger partial charge is 0.744 e. The third kappa shape index (κ3) is 5.78. The van der Waals surface area contributed by atoms with Crippen molar-refractivity contribution in [2.45, 2.75) is 14.7 Å². The van der Waals surface area contributed by atoms with Crippen LogP contribution in [0.15, 0.2) is 57.2 Å². The van der Waals surface area contributed by atoms with E-state index in [1.807, 2.05) is 0 Å². The molecule has 0 aliphatic rings. The van der Waals surface area contributed by atoms with Gasteiger partial charge in [-0.15, -0.1) is 0 Å². The maximum atomic E-state index is 11.9. The first-order chi connectivity index (χ1) is 12.8. The van der Waals surface area contributed by atoms with Gasteiger partial charge in [0.15, 0.2) is 0 Å². The topological polar surface area (TPSA) is 172 Å². The first kappa shape index (κ1) is 31.6. The minimum atomic E-state index is -5.83. The van der Waals surface area contributed by atoms with Gasteiger partial charge in [0.25, 0.3) is 0 Å². The average Bonchev–Trinajstić information content (AvgIpc) is 2.55. The summed E-state index contributed by atoms with van der Waals surface area (Å²) in [4.78, 5) is -4.92. The molecule has 31 heavy (non-hydrogen) atoms. The zero-order chi connectivity index (χ0) is 20.6. The number of hydrogen-bond acceptors (Lipinski definition) is 9. The summed E-state index contributed by atoms with van der Waals surface area (Å²) in [7, 11) is -17.1. The molecule has 0 aromatic heterocycles. The molecule has 0 fully saturated rings. The van der Waals surface area contributed by atoms with Gasteiger partial charge in [0.05, 0.1) is 14.7 Å². The molecule has 0 radical (unpaired) electrons. The van der Waals surface area contributed by atoms with Gasteiger partial charge in [-0.25, -0.2) is 25.3 Å². The van der Waals surface area contributed by atoms with E-state index in [9.17, 15) is 38.9 Å². The molecule has 0 amide bonds. The van der Waals surface area contributed by atoms with E-state index in [4.69, 9.17) is 0 Å². The van der Waals surface area contributed by atoms with Gasteiger partial charge in [-0.2, -0.15) is 0 Å². The second-order valence-corrected chi connectivity index (χ2v) is 9.98. The van der Waals surface area contributed by atoms with Gasteiger partial charge in [-0.3, -0.25) is 0 Å². The Bertz CT molecular complexity index is 1530. The largest absolute Gasteiger partial charge is 1.00 e. The molecule has 9 nitrogen and oxygen atoms in total. The number of rotatable bonds is 3. The minimum absolute atomic E-state index is 0. The van der Waals surface area contributed by atoms with Gasteiger partial charge in [0.1, 0.15) is 30.4 Å². The predicted molar refractivity (Wildman–Crippen MR) is 94.0 cm³/mol. The van der Waals surface area contributed by atoms with Crippen molar-refractivity contribution in [1.29, 1.82) is 0 Å². The van der Waals surface area contributed by atoms with Crippen molar-refractivity contribution in [2.75, 3.05) is 0 Å². The van der Waals surface area contributed by atoms with Crippen LogP contribution in [0.5, 0.6) is 0 Å². The molecule has 4 rings (SSSR count). The van der Waals surface area contributed by atoms with Gasteiger partial charge in [0.2, 0.25) is 0 Å². The fourth-order valence-corrected chi connectivity index (χ4v) is 7.03. The van der Waals surface area contributed by atoms with E-state index in [2.05, 4.69) is 0 Å². The summed E-state index contributed by atoms with van der Waals surface area (Å²) < 4.78 is 107. The molecular formula is C16H7K3O9S3. The van der Waals surface area contributed by atoms with Crippen LogP contribution in [0.25, 0.3) is 32.3 Å². The molecule has 15 heteroatoms. The van der Waals surface area contributed by atoms with Gasteiger partial charge in [-0.1, -0.05) is 42.5 Å². The zero-order valence-corrected chi connectivity index (χ0v) is 28.3. The molecule has 146 valence electrons. The Balaban J connectivity index is 0.00000160. The van der Waals surface area contributed by atoms with Crippen LogP contribution in [0.2, 0.25) is 0 Å². The summed E-state index contributed by atoms with van der Waals surface area (Å²) >= 11 is 0. The summed E-state index contributed by atoms with van der Waals surface area (Å²) in [5.74, 6) is 0. The first-order valence-electron chi connectivity index (χ1n) is 7.43. The standard InChI is InChI=1S/C16H10O9S3.3K/c17-26(18,19)14-10-6-4-8-2-1-3-9-5-7-11(13(10)12(8)9)15(27(20,21)22)16(14)28(23,24)25;;;/h1-7H,(H,17,18,19)(H,20,21,22)(H,23,24,25);;;/q;3*+1/p-3. The van der Waals surface area contributed by atoms with Crippen LogP contribution in [-0.4, -0.2) is 38.9 Å². The Labute approximate surface area is 305 Å². The maximum Gasteiger partial charge on any atom is 1.00 e. The van der Waals surface area contributed by atoms with Crippen LogP contribution in [0.4, 0.5) is 0 Å². The Hall–Kier alpha value is 2.56. The molecule has 0 unspecified atom stereocenters. The minimum Gasteiger partial charge on any atom is -0.744 e. The third-order valence-electron chi connectivity index (χ3n) is 4.43. The molecule has 0 saturated carbocycles. The summed E-state index contributed by atoms with van der Waals surface area (Å²) in [5, 5.41) is 0.370. The zero-order valence-electron chi connectivity index (χ0n) is 16.4. The molecular weight excluding hydrogens is 550 g/mol. The second-order valence-electron chi connectivity index (χ2n) is 6.03. The van der Waals surface area contributed by atoms with Gasteiger partial charge < -0.3 is 13.7 Å². The van der Waals surface area contributed by atoms with E-state index >= 15 is 0 Å². The summed E-state index contributed by atoms with van der Waals surface area (Å²) in [6.07, 6.45) is 0. The van der Waals surface area contributed by atoms with Crippen LogP contribution in [0.1, 0.15) is 0 Å². The van der Waals surface area contributed by atoms with Crippen LogP contribution in [0, 0.1) is 0 Å². The van der Waals surface area contributed by atoms with E-state index in [1.165, 1.54) is 12.1 Å². The molecule has 0 atom stereocenters. The number of hydrogen-bond donors (Lipinski definition) is 0. The Kier molecular flexibility index (Phi) is 11.1. The van der Waals surface area contributed by atoms with Crippen LogP contribution in [-0.2, 0) is 30.4 Å². The summed E-state index contributed by atoms with van der Waals surface area (Å²) in [6, 6.07) is 9.91. The quantitative estimate of drug-likeness (QED) is 0.135. The van der Waals surface area contributed by atoms with Crippen molar-refractivity contribution >= 4 is 62.7 Å². The average molecular weight is 557 g/mol. The Morgan fingerprint density at radius 3 is 1.16 bits per heavy atom. The molecule has 0 aliphatic carbocycles. The van der Waals surface area contributed by atoms with Crippen molar-refractivity contribution in [1.82, 2.24) is 0 Å². The molecule has 0 N–H and O–H groups in total. The van der Waals surface area contributed by atoms with Gasteiger partial charge in [-0.05, 0) is 21.5 Å². The fraction of sp³-hybridized carbons (Fsp3) is 0. The molecule has 0 aliphatic heterocycles. The monoisotopic (exact) mass is 556 g/mol. The summed E-state index contributed by atoms with van der Waals surface area (Å²) in [5.41, 5.74) is 0. The van der Waals surface area contributed by atoms with Crippen LogP contribution < -0.4 is 154 Å². The maximum absolute atomic E-state index is 11.9. The van der Waals surface area contributed by atoms with Gasteiger partial charge in [0, 0.05) is 10.8 Å². The molecule has 0 bridgehead atoms. The van der Waals surface area contributed by atoms with Crippen molar-refractivity contribution in [3.63, 3.8) is 0 Å². The second kappa shape index (κ2) is 10.9. The number of benzene rings is 4. The van der Waals surface area contributed by atoms with E-state index in [1.54, 1.807) is 18.2 Å². The molecule has 0 saturated heterocycles. The molecule has 0 spiro atoms. The Morgan fingerprint density at radius 1 is 0.484 bits per heavy atom. The van der Waals surface area contributed by atoms with Crippen molar-refractivity contribution < 1.29 is 193 Å². The fourth-order valence-electron chi connectivity index (χ4n) is 3.53. The van der Waals surface area contributed by atoms with Crippen molar-refractivity contribution in [3.8, 4) is 0 Å². The Morgan fingerprint density at radius 2 is 0.839 bits per heavy atom. The normalized spacial score (nSPS) is 12.4. The molecule has 4 aromatic rings. The van der Waals surface area contributed by atoms with Gasteiger partial charge >= 0.3 is 154 Å². The summed E-state index contributed by atoms with van der Waals surface area (Å²) in [6.45, 7) is 0. The van der Waals surface area contributed by atoms with E-state index in [-0.39, 0.29) is 160 Å². The van der Waals surface area contributed by atoms with E-state index < -0.39 is 55.8 Å². The van der Waals surface area contributed by atoms with E-state index in [0.717, 1.165) is 12.1 Å². The third-order valence-corrected chi connectivity index (χ3v) is 7.44. The van der Waals surface area contributed by atoms with Crippen molar-refractivity contribution in [3.05, 3.63) is 42.5 Å². The SMILES string of the molecule is O=S(=O)([O-])c1c(S(=O)(=O)[O-])c2ccc3cccc4ccc(c1S(=O)(=O)[O-])c2c34.[K+].[K+].[K+]. The molecule has 0 heterocycles.